The van der Waals surface area contributed by atoms with Crippen molar-refractivity contribution in [2.45, 2.75) is 34.6 Å². The van der Waals surface area contributed by atoms with E-state index < -0.39 is 0 Å². The van der Waals surface area contributed by atoms with E-state index in [-0.39, 0.29) is 5.41 Å². The average Bonchev–Trinajstić information content (AvgIpc) is 1.88. The van der Waals surface area contributed by atoms with Gasteiger partial charge >= 0.3 is 0 Å². The van der Waals surface area contributed by atoms with Crippen molar-refractivity contribution in [3.05, 3.63) is 0 Å². The number of nitrogens with zero attached hydrogens (tertiary/aromatic N) is 1. The first-order valence-corrected chi connectivity index (χ1v) is 4.59. The summed E-state index contributed by atoms with van der Waals surface area (Å²) in [6.45, 7) is 12.6. The van der Waals surface area contributed by atoms with Crippen LogP contribution < -0.4 is 0 Å². The molecule has 0 unspecified atom stereocenters. The van der Waals surface area contributed by atoms with Crippen LogP contribution in [-0.4, -0.2) is 22.8 Å². The SMILES string of the molecule is CC[N+](CC)=C(Cl)C(C)(C)C. The highest BCUT2D eigenvalue weighted by molar-refractivity contribution is 6.64. The van der Waals surface area contributed by atoms with Gasteiger partial charge in [-0.05, 0) is 46.2 Å². The third kappa shape index (κ3) is 3.24. The summed E-state index contributed by atoms with van der Waals surface area (Å²) in [5.41, 5.74) is 0.0908. The normalized spacial score (nSPS) is 11.5. The largest absolute Gasteiger partial charge is 0.250 e. The molecule has 66 valence electrons. The van der Waals surface area contributed by atoms with Gasteiger partial charge in [0, 0.05) is 0 Å². The molecule has 0 rings (SSSR count). The van der Waals surface area contributed by atoms with Crippen molar-refractivity contribution in [2.75, 3.05) is 13.1 Å². The molecule has 0 saturated carbocycles. The van der Waals surface area contributed by atoms with Crippen molar-refractivity contribution in [3.8, 4) is 0 Å². The van der Waals surface area contributed by atoms with Gasteiger partial charge in [-0.1, -0.05) is 0 Å². The molecule has 0 spiro atoms. The van der Waals surface area contributed by atoms with Crippen molar-refractivity contribution in [1.82, 2.24) is 0 Å². The molecule has 0 aromatic rings. The fourth-order valence-corrected chi connectivity index (χ4v) is 1.21. The first-order chi connectivity index (χ1) is 4.93. The predicted molar refractivity (Wildman–Crippen MR) is 51.7 cm³/mol. The first kappa shape index (κ1) is 11.0. The minimum absolute atomic E-state index is 0.0908. The van der Waals surface area contributed by atoms with E-state index in [9.17, 15) is 0 Å². The molecule has 1 nitrogen and oxygen atoms in total. The number of hydrogen-bond acceptors (Lipinski definition) is 0. The van der Waals surface area contributed by atoms with Crippen molar-refractivity contribution >= 4 is 16.8 Å². The molecule has 0 aliphatic carbocycles. The van der Waals surface area contributed by atoms with E-state index in [1.807, 2.05) is 0 Å². The monoisotopic (exact) mass is 176 g/mol. The molecule has 0 aliphatic heterocycles. The summed E-state index contributed by atoms with van der Waals surface area (Å²) in [7, 11) is 0. The Balaban J connectivity index is 4.62. The van der Waals surface area contributed by atoms with Crippen molar-refractivity contribution in [1.29, 1.82) is 0 Å². The summed E-state index contributed by atoms with van der Waals surface area (Å²) in [6, 6.07) is 0. The molecule has 0 saturated heterocycles. The van der Waals surface area contributed by atoms with Gasteiger partial charge in [-0.25, -0.2) is 4.58 Å². The highest BCUT2D eigenvalue weighted by Crippen LogP contribution is 2.18. The zero-order valence-corrected chi connectivity index (χ0v) is 9.00. The third-order valence-electron chi connectivity index (χ3n) is 1.66. The Kier molecular flexibility index (Phi) is 4.09. The summed E-state index contributed by atoms with van der Waals surface area (Å²) >= 11 is 6.17. The topological polar surface area (TPSA) is 3.01 Å². The summed E-state index contributed by atoms with van der Waals surface area (Å²) in [5.74, 6) is 0. The molecule has 0 aliphatic rings. The summed E-state index contributed by atoms with van der Waals surface area (Å²) in [4.78, 5) is 0. The highest BCUT2D eigenvalue weighted by atomic mass is 35.5. The lowest BCUT2D eigenvalue weighted by Gasteiger charge is -2.14. The second-order valence-electron chi connectivity index (χ2n) is 3.71. The Morgan fingerprint density at radius 1 is 1.18 bits per heavy atom. The minimum atomic E-state index is 0.0908. The quantitative estimate of drug-likeness (QED) is 0.450. The van der Waals surface area contributed by atoms with E-state index in [4.69, 9.17) is 11.6 Å². The zero-order chi connectivity index (χ0) is 9.07. The van der Waals surface area contributed by atoms with Crippen LogP contribution in [0, 0.1) is 5.41 Å². The maximum Gasteiger partial charge on any atom is 0.250 e. The number of halogens is 1. The van der Waals surface area contributed by atoms with E-state index in [1.165, 1.54) is 0 Å². The van der Waals surface area contributed by atoms with Crippen molar-refractivity contribution in [3.63, 3.8) is 0 Å². The molecular weight excluding hydrogens is 158 g/mol. The van der Waals surface area contributed by atoms with Crippen LogP contribution in [0.1, 0.15) is 34.6 Å². The van der Waals surface area contributed by atoms with E-state index in [1.54, 1.807) is 0 Å². The Morgan fingerprint density at radius 3 is 1.64 bits per heavy atom. The molecule has 0 bridgehead atoms. The van der Waals surface area contributed by atoms with Gasteiger partial charge in [-0.3, -0.25) is 0 Å². The zero-order valence-electron chi connectivity index (χ0n) is 8.24. The molecule has 2 heteroatoms. The van der Waals surface area contributed by atoms with Crippen molar-refractivity contribution < 1.29 is 4.58 Å². The van der Waals surface area contributed by atoms with Gasteiger partial charge in [0.1, 0.15) is 13.1 Å². The van der Waals surface area contributed by atoms with Crippen LogP contribution in [-0.2, 0) is 0 Å². The Morgan fingerprint density at radius 2 is 1.55 bits per heavy atom. The lowest BCUT2D eigenvalue weighted by Crippen LogP contribution is -2.27. The fraction of sp³-hybridized carbons (Fsp3) is 0.889. The molecule has 11 heavy (non-hydrogen) atoms. The lowest BCUT2D eigenvalue weighted by atomic mass is 9.98. The van der Waals surface area contributed by atoms with Gasteiger partial charge in [0.25, 0.3) is 0 Å². The highest BCUT2D eigenvalue weighted by Gasteiger charge is 2.24. The van der Waals surface area contributed by atoms with Crippen LogP contribution in [0.4, 0.5) is 0 Å². The molecule has 0 aromatic carbocycles. The maximum atomic E-state index is 6.17. The van der Waals surface area contributed by atoms with E-state index in [0.29, 0.717) is 0 Å². The summed E-state index contributed by atoms with van der Waals surface area (Å²) in [6.07, 6.45) is 0. The molecule has 0 atom stereocenters. The van der Waals surface area contributed by atoms with Crippen LogP contribution in [0.15, 0.2) is 0 Å². The van der Waals surface area contributed by atoms with Gasteiger partial charge in [0.15, 0.2) is 0 Å². The van der Waals surface area contributed by atoms with Gasteiger partial charge in [-0.2, -0.15) is 0 Å². The van der Waals surface area contributed by atoms with Crippen LogP contribution in [0.2, 0.25) is 0 Å². The number of hydrogen-bond donors (Lipinski definition) is 0. The van der Waals surface area contributed by atoms with Crippen LogP contribution in [0.25, 0.3) is 0 Å². The molecule has 0 radical (unpaired) electrons. The standard InChI is InChI=1S/C9H19ClN/c1-6-11(7-2)8(10)9(3,4)5/h6-7H2,1-5H3/q+1. The second kappa shape index (κ2) is 4.10. The Hall–Kier alpha value is -0.0400. The Bertz CT molecular complexity index is 147. The molecule has 0 fully saturated rings. The molecule has 0 N–H and O–H groups in total. The predicted octanol–water partition coefficient (Wildman–Crippen LogP) is 2.72. The van der Waals surface area contributed by atoms with Crippen LogP contribution in [0.3, 0.4) is 0 Å². The Labute approximate surface area is 75.1 Å². The molecule has 0 aromatic heterocycles. The molecule has 0 amide bonds. The minimum Gasteiger partial charge on any atom is -0.224 e. The van der Waals surface area contributed by atoms with Gasteiger partial charge < -0.3 is 0 Å². The fourth-order valence-electron chi connectivity index (χ4n) is 0.976. The van der Waals surface area contributed by atoms with Crippen LogP contribution >= 0.6 is 11.6 Å². The van der Waals surface area contributed by atoms with Crippen molar-refractivity contribution in [2.24, 2.45) is 5.41 Å². The van der Waals surface area contributed by atoms with E-state index in [2.05, 4.69) is 39.2 Å². The molecule has 0 heterocycles. The first-order valence-electron chi connectivity index (χ1n) is 4.21. The van der Waals surface area contributed by atoms with E-state index >= 15 is 0 Å². The third-order valence-corrected chi connectivity index (χ3v) is 2.47. The summed E-state index contributed by atoms with van der Waals surface area (Å²) in [5, 5.41) is 0.961. The average molecular weight is 177 g/mol. The van der Waals surface area contributed by atoms with Gasteiger partial charge in [0.2, 0.25) is 5.17 Å². The van der Waals surface area contributed by atoms with Gasteiger partial charge in [-0.15, -0.1) is 0 Å². The van der Waals surface area contributed by atoms with Gasteiger partial charge in [0.05, 0.1) is 5.41 Å². The second-order valence-corrected chi connectivity index (χ2v) is 4.07. The smallest absolute Gasteiger partial charge is 0.224 e. The number of rotatable bonds is 2. The maximum absolute atomic E-state index is 6.17. The van der Waals surface area contributed by atoms with E-state index in [0.717, 1.165) is 18.3 Å². The lowest BCUT2D eigenvalue weighted by molar-refractivity contribution is -0.521. The molecular formula is C9H19ClN+. The van der Waals surface area contributed by atoms with Crippen LogP contribution in [0.5, 0.6) is 0 Å². The summed E-state index contributed by atoms with van der Waals surface area (Å²) < 4.78 is 2.18.